The molecule has 4 saturated heterocycles. The Hall–Kier alpha value is -5.74. The van der Waals surface area contributed by atoms with Gasteiger partial charge >= 0.3 is 0 Å². The van der Waals surface area contributed by atoms with Crippen LogP contribution in [0.3, 0.4) is 0 Å². The summed E-state index contributed by atoms with van der Waals surface area (Å²) >= 11 is 1.27. The lowest BCUT2D eigenvalue weighted by Gasteiger charge is -2.61. The number of thiazole rings is 1. The van der Waals surface area contributed by atoms with Gasteiger partial charge in [0.1, 0.15) is 18.2 Å². The van der Waals surface area contributed by atoms with Crippen LogP contribution in [0.1, 0.15) is 59.5 Å². The number of hydrogen-bond donors (Lipinski definition) is 3. The molecule has 1 spiro atoms. The number of carbonyl (C=O) groups is 5. The van der Waals surface area contributed by atoms with E-state index in [2.05, 4.69) is 20.5 Å². The fourth-order valence-electron chi connectivity index (χ4n) is 9.03. The fourth-order valence-corrected chi connectivity index (χ4v) is 9.57. The Bertz CT molecular complexity index is 2320. The molecule has 0 radical (unpaired) electrons. The smallest absolute Gasteiger partial charge is 0.255 e. The lowest BCUT2D eigenvalue weighted by molar-refractivity contribution is -0.151. The van der Waals surface area contributed by atoms with Crippen molar-refractivity contribution in [1.82, 2.24) is 20.1 Å². The highest BCUT2D eigenvalue weighted by atomic mass is 32.1. The van der Waals surface area contributed by atoms with E-state index in [0.29, 0.717) is 67.4 Å². The third kappa shape index (κ3) is 7.19. The van der Waals surface area contributed by atoms with E-state index in [0.717, 1.165) is 24.3 Å². The first-order chi connectivity index (χ1) is 27.8. The molecule has 5 amide bonds. The minimum absolute atomic E-state index is 0.00852. The molecule has 0 saturated carbocycles. The molecule has 5 aliphatic rings. The number of nitrogens with zero attached hydrogens (tertiary/aromatic N) is 5. The Morgan fingerprint density at radius 3 is 2.38 bits per heavy atom. The maximum absolute atomic E-state index is 15.3. The molecule has 1 unspecified atom stereocenters. The number of fused-ring (bicyclic) bond motifs is 1. The van der Waals surface area contributed by atoms with Crippen LogP contribution in [0.2, 0.25) is 0 Å². The number of piperidine rings is 2. The van der Waals surface area contributed by atoms with Crippen LogP contribution in [0.5, 0.6) is 0 Å². The molecule has 3 N–H and O–H groups in total. The zero-order valence-corrected chi connectivity index (χ0v) is 32.3. The summed E-state index contributed by atoms with van der Waals surface area (Å²) in [6.07, 6.45) is 2.76. The van der Waals surface area contributed by atoms with E-state index in [4.69, 9.17) is 0 Å². The lowest BCUT2D eigenvalue weighted by Crippen LogP contribution is -2.73. The fraction of sp³-hybridized carbons (Fsp3) is 0.381. The van der Waals surface area contributed by atoms with Gasteiger partial charge in [0.15, 0.2) is 5.13 Å². The Labute approximate surface area is 336 Å². The molecular formula is C42H41F2N7O6S. The molecule has 1 aromatic heterocycles. The number of hydrogen-bond acceptors (Lipinski definition) is 10. The van der Waals surface area contributed by atoms with E-state index in [9.17, 15) is 29.1 Å². The van der Waals surface area contributed by atoms with Crippen molar-refractivity contribution in [3.8, 4) is 11.1 Å². The monoisotopic (exact) mass is 809 g/mol. The highest BCUT2D eigenvalue weighted by Gasteiger charge is 2.54. The number of imide groups is 1. The number of rotatable bonds is 9. The van der Waals surface area contributed by atoms with Gasteiger partial charge in [-0.1, -0.05) is 18.2 Å². The summed E-state index contributed by atoms with van der Waals surface area (Å²) in [4.78, 5) is 73.9. The van der Waals surface area contributed by atoms with Crippen molar-refractivity contribution in [3.63, 3.8) is 0 Å². The van der Waals surface area contributed by atoms with Gasteiger partial charge in [-0.2, -0.15) is 0 Å². The number of anilines is 3. The molecule has 4 aromatic rings. The second-order valence-electron chi connectivity index (χ2n) is 16.3. The van der Waals surface area contributed by atoms with E-state index in [-0.39, 0.29) is 54.3 Å². The van der Waals surface area contributed by atoms with Crippen molar-refractivity contribution in [3.05, 3.63) is 94.5 Å². The van der Waals surface area contributed by atoms with E-state index in [1.165, 1.54) is 28.4 Å². The van der Waals surface area contributed by atoms with Crippen molar-refractivity contribution < 1.29 is 37.9 Å². The van der Waals surface area contributed by atoms with Crippen LogP contribution in [0.25, 0.3) is 11.1 Å². The van der Waals surface area contributed by atoms with Crippen molar-refractivity contribution in [2.45, 2.75) is 50.2 Å². The number of aliphatic hydroxyl groups is 1. The maximum atomic E-state index is 15.3. The zero-order valence-electron chi connectivity index (χ0n) is 31.5. The zero-order chi connectivity index (χ0) is 40.3. The Kier molecular flexibility index (Phi) is 9.50. The second-order valence-corrected chi connectivity index (χ2v) is 17.2. The molecule has 0 bridgehead atoms. The summed E-state index contributed by atoms with van der Waals surface area (Å²) in [5.41, 5.74) is 2.56. The molecule has 16 heteroatoms. The van der Waals surface area contributed by atoms with Crippen LogP contribution in [0, 0.1) is 17.0 Å². The van der Waals surface area contributed by atoms with Crippen molar-refractivity contribution in [2.75, 3.05) is 60.9 Å². The number of benzene rings is 3. The van der Waals surface area contributed by atoms with E-state index < -0.39 is 40.9 Å². The molecule has 6 heterocycles. The van der Waals surface area contributed by atoms with Crippen LogP contribution in [-0.4, -0.2) is 101 Å². The SMILES string of the molecule is O=C1CCC(c2ccc(N3CCC(O)(CC(=O)N4CC5(C4)CN(c4ccc(-c6cc(F)c7c(c6)C(=O)N(CC(=O)Nc6nccs6)C7)cc4)C5)CC3)c(F)c2)C(=O)N1. The topological polar surface area (TPSA) is 155 Å². The number of nitrogens with one attached hydrogen (secondary N) is 2. The van der Waals surface area contributed by atoms with Gasteiger partial charge in [-0.15, -0.1) is 11.3 Å². The number of carbonyl (C=O) groups excluding carboxylic acids is 5. The van der Waals surface area contributed by atoms with Crippen LogP contribution in [0.4, 0.5) is 25.3 Å². The number of halogens is 2. The van der Waals surface area contributed by atoms with Gasteiger partial charge in [0.2, 0.25) is 23.6 Å². The average molecular weight is 810 g/mol. The first-order valence-electron chi connectivity index (χ1n) is 19.4. The second kappa shape index (κ2) is 14.6. The third-order valence-corrected chi connectivity index (χ3v) is 12.9. The van der Waals surface area contributed by atoms with Gasteiger partial charge in [0, 0.05) is 79.5 Å². The molecule has 58 heavy (non-hydrogen) atoms. The number of amides is 5. The van der Waals surface area contributed by atoms with Gasteiger partial charge in [0.25, 0.3) is 5.91 Å². The normalized spacial score (nSPS) is 20.7. The summed E-state index contributed by atoms with van der Waals surface area (Å²) < 4.78 is 30.5. The minimum Gasteiger partial charge on any atom is -0.389 e. The first kappa shape index (κ1) is 37.8. The van der Waals surface area contributed by atoms with E-state index >= 15 is 8.78 Å². The molecule has 9 rings (SSSR count). The molecule has 0 aliphatic carbocycles. The highest BCUT2D eigenvalue weighted by Crippen LogP contribution is 2.43. The summed E-state index contributed by atoms with van der Waals surface area (Å²) in [6, 6.07) is 15.5. The van der Waals surface area contributed by atoms with Crippen LogP contribution in [0.15, 0.2) is 66.2 Å². The summed E-state index contributed by atoms with van der Waals surface area (Å²) in [5.74, 6) is -3.16. The molecule has 13 nitrogen and oxygen atoms in total. The third-order valence-electron chi connectivity index (χ3n) is 12.2. The quantitative estimate of drug-likeness (QED) is 0.210. The minimum atomic E-state index is -1.18. The van der Waals surface area contributed by atoms with Crippen LogP contribution in [-0.2, 0) is 25.7 Å². The van der Waals surface area contributed by atoms with Gasteiger partial charge in [-0.3, -0.25) is 29.3 Å². The number of aromatic nitrogens is 1. The van der Waals surface area contributed by atoms with Gasteiger partial charge in [-0.25, -0.2) is 13.8 Å². The van der Waals surface area contributed by atoms with Gasteiger partial charge in [0.05, 0.1) is 30.2 Å². The Morgan fingerprint density at radius 2 is 1.69 bits per heavy atom. The highest BCUT2D eigenvalue weighted by molar-refractivity contribution is 7.13. The lowest BCUT2D eigenvalue weighted by atomic mass is 9.72. The molecule has 300 valence electrons. The maximum Gasteiger partial charge on any atom is 0.255 e. The van der Waals surface area contributed by atoms with E-state index in [1.54, 1.807) is 34.7 Å². The van der Waals surface area contributed by atoms with Crippen molar-refractivity contribution in [2.24, 2.45) is 5.41 Å². The first-order valence-corrected chi connectivity index (χ1v) is 20.3. The molecule has 1 atom stereocenters. The molecule has 5 aliphatic heterocycles. The summed E-state index contributed by atoms with van der Waals surface area (Å²) in [5, 5.41) is 18.5. The molecule has 4 fully saturated rings. The van der Waals surface area contributed by atoms with Crippen molar-refractivity contribution >= 4 is 57.4 Å². The van der Waals surface area contributed by atoms with Crippen LogP contribution >= 0.6 is 11.3 Å². The predicted octanol–water partition coefficient (Wildman–Crippen LogP) is 4.27. The van der Waals surface area contributed by atoms with Gasteiger partial charge in [-0.05, 0) is 72.4 Å². The van der Waals surface area contributed by atoms with Gasteiger partial charge < -0.3 is 30.0 Å². The summed E-state index contributed by atoms with van der Waals surface area (Å²) in [6.45, 7) is 3.33. The predicted molar refractivity (Wildman–Crippen MR) is 211 cm³/mol. The Morgan fingerprint density at radius 1 is 0.931 bits per heavy atom. The average Bonchev–Trinajstić information content (AvgIpc) is 3.78. The standard InChI is InChI=1S/C42H41F2N7O6S/c43-32-17-27(15-30-31(32)19-49(39(30)56)20-36(53)47-40-45-11-14-58-40)25-1-4-28(5-2-25)50-21-41(22-50)23-51(24-41)37(54)18-42(57)9-12-48(13-10-42)34-7-3-26(16-33(34)44)29-6-8-35(52)46-38(29)55/h1-5,7,11,14-17,29,57H,6,8-10,12-13,18-24H2,(H,45,47,53)(H,46,52,55). The van der Waals surface area contributed by atoms with Crippen molar-refractivity contribution in [1.29, 1.82) is 0 Å². The van der Waals surface area contributed by atoms with Crippen LogP contribution < -0.4 is 20.4 Å². The molecule has 3 aromatic carbocycles. The molecular weight excluding hydrogens is 769 g/mol. The Balaban J connectivity index is 0.739. The van der Waals surface area contributed by atoms with E-state index in [1.807, 2.05) is 29.2 Å². The largest absolute Gasteiger partial charge is 0.389 e. The summed E-state index contributed by atoms with van der Waals surface area (Å²) in [7, 11) is 0. The number of likely N-dealkylation sites (tertiary alicyclic amines) is 1.